The van der Waals surface area contributed by atoms with Gasteiger partial charge in [0.25, 0.3) is 0 Å². The summed E-state index contributed by atoms with van der Waals surface area (Å²) in [7, 11) is 0. The van der Waals surface area contributed by atoms with Crippen molar-refractivity contribution in [2.24, 2.45) is 0 Å². The van der Waals surface area contributed by atoms with Crippen LogP contribution in [0.1, 0.15) is 25.0 Å². The van der Waals surface area contributed by atoms with E-state index in [4.69, 9.17) is 15.0 Å². The van der Waals surface area contributed by atoms with E-state index in [-0.39, 0.29) is 5.41 Å². The first kappa shape index (κ1) is 27.4. The number of rotatable bonds is 4. The van der Waals surface area contributed by atoms with Gasteiger partial charge < -0.3 is 0 Å². The molecule has 0 radical (unpaired) electrons. The molecule has 0 aliphatic heterocycles. The lowest BCUT2D eigenvalue weighted by Crippen LogP contribution is -2.14. The van der Waals surface area contributed by atoms with E-state index in [1.807, 2.05) is 30.5 Å². The van der Waals surface area contributed by atoms with Gasteiger partial charge in [-0.1, -0.05) is 141 Å². The maximum Gasteiger partial charge on any atom is 0.160 e. The molecule has 2 aromatic heterocycles. The SMILES string of the molecule is CC1(C)c2ccccc2-c2cc(-c3ccc(-c4cc(-c5cccc6cccnc56)nc(-c5ccccc5)n4)c4ccccc34)ccc21. The molecule has 8 aromatic rings. The zero-order valence-corrected chi connectivity index (χ0v) is 26.3. The maximum atomic E-state index is 5.19. The van der Waals surface area contributed by atoms with Gasteiger partial charge in [0.2, 0.25) is 0 Å². The minimum atomic E-state index is -0.0167. The van der Waals surface area contributed by atoms with Crippen LogP contribution in [0.15, 0.2) is 152 Å². The van der Waals surface area contributed by atoms with Gasteiger partial charge >= 0.3 is 0 Å². The maximum absolute atomic E-state index is 5.19. The van der Waals surface area contributed by atoms with Gasteiger partial charge in [-0.05, 0) is 62.4 Å². The lowest BCUT2D eigenvalue weighted by Gasteiger charge is -2.21. The van der Waals surface area contributed by atoms with E-state index < -0.39 is 0 Å². The van der Waals surface area contributed by atoms with Crippen molar-refractivity contribution < 1.29 is 0 Å². The van der Waals surface area contributed by atoms with Gasteiger partial charge in [-0.25, -0.2) is 9.97 Å². The van der Waals surface area contributed by atoms with Crippen LogP contribution in [-0.2, 0) is 5.41 Å². The standard InChI is InChI=1S/C44H31N3/c1-44(2)38-20-9-8-18-34(38)37-26-30(21-24-39(37)44)31-22-23-35(33-17-7-6-16-32(31)33)40-27-41(47-43(46-40)29-12-4-3-5-13-29)36-19-10-14-28-15-11-25-45-42(28)36/h3-27H,1-2H3. The molecule has 0 spiro atoms. The van der Waals surface area contributed by atoms with E-state index in [9.17, 15) is 0 Å². The molecule has 0 saturated heterocycles. The molecule has 1 aliphatic carbocycles. The predicted molar refractivity (Wildman–Crippen MR) is 194 cm³/mol. The van der Waals surface area contributed by atoms with Crippen LogP contribution in [0.3, 0.4) is 0 Å². The highest BCUT2D eigenvalue weighted by molar-refractivity contribution is 6.05. The summed E-state index contributed by atoms with van der Waals surface area (Å²) in [6.45, 7) is 4.66. The number of aromatic nitrogens is 3. The Morgan fingerprint density at radius 1 is 0.447 bits per heavy atom. The predicted octanol–water partition coefficient (Wildman–Crippen LogP) is 11.2. The summed E-state index contributed by atoms with van der Waals surface area (Å²) < 4.78 is 0. The third-order valence-electron chi connectivity index (χ3n) is 9.76. The summed E-state index contributed by atoms with van der Waals surface area (Å²) in [5.74, 6) is 0.694. The number of pyridine rings is 1. The Labute approximate surface area is 274 Å². The first-order valence-electron chi connectivity index (χ1n) is 16.1. The Hall–Kier alpha value is -5.93. The van der Waals surface area contributed by atoms with Crippen molar-refractivity contribution >= 4 is 21.7 Å². The minimum absolute atomic E-state index is 0.0167. The number of hydrogen-bond donors (Lipinski definition) is 0. The highest BCUT2D eigenvalue weighted by Crippen LogP contribution is 2.50. The molecule has 0 unspecified atom stereocenters. The highest BCUT2D eigenvalue weighted by Gasteiger charge is 2.35. The van der Waals surface area contributed by atoms with Crippen LogP contribution in [-0.4, -0.2) is 15.0 Å². The lowest BCUT2D eigenvalue weighted by atomic mass is 9.82. The van der Waals surface area contributed by atoms with Crippen molar-refractivity contribution in [2.45, 2.75) is 19.3 Å². The van der Waals surface area contributed by atoms with Gasteiger partial charge in [0.1, 0.15) is 0 Å². The molecule has 1 aliphatic rings. The van der Waals surface area contributed by atoms with Crippen molar-refractivity contribution in [1.29, 1.82) is 0 Å². The topological polar surface area (TPSA) is 38.7 Å². The Morgan fingerprint density at radius 3 is 1.96 bits per heavy atom. The van der Waals surface area contributed by atoms with E-state index >= 15 is 0 Å². The van der Waals surface area contributed by atoms with Gasteiger partial charge in [-0.3, -0.25) is 4.98 Å². The Bertz CT molecular complexity index is 2490. The molecule has 3 heteroatoms. The summed E-state index contributed by atoms with van der Waals surface area (Å²) in [5, 5.41) is 3.44. The van der Waals surface area contributed by atoms with Gasteiger partial charge in [0, 0.05) is 33.7 Å². The van der Waals surface area contributed by atoms with E-state index in [1.54, 1.807) is 0 Å². The monoisotopic (exact) mass is 601 g/mol. The van der Waals surface area contributed by atoms with Crippen molar-refractivity contribution in [1.82, 2.24) is 15.0 Å². The average Bonchev–Trinajstić information content (AvgIpc) is 3.36. The zero-order chi connectivity index (χ0) is 31.5. The third-order valence-corrected chi connectivity index (χ3v) is 9.76. The summed E-state index contributed by atoms with van der Waals surface area (Å²) in [6.07, 6.45) is 1.84. The van der Waals surface area contributed by atoms with Crippen molar-refractivity contribution in [3.05, 3.63) is 163 Å². The first-order valence-corrected chi connectivity index (χ1v) is 16.1. The second kappa shape index (κ2) is 10.6. The van der Waals surface area contributed by atoms with Crippen molar-refractivity contribution in [3.63, 3.8) is 0 Å². The summed E-state index contributed by atoms with van der Waals surface area (Å²) in [5.41, 5.74) is 13.6. The second-order valence-electron chi connectivity index (χ2n) is 12.8. The molecule has 0 N–H and O–H groups in total. The average molecular weight is 602 g/mol. The van der Waals surface area contributed by atoms with Crippen molar-refractivity contribution in [3.8, 4) is 56.2 Å². The van der Waals surface area contributed by atoms with Crippen LogP contribution in [0.4, 0.5) is 0 Å². The van der Waals surface area contributed by atoms with E-state index in [2.05, 4.69) is 135 Å². The number of hydrogen-bond acceptors (Lipinski definition) is 3. The Morgan fingerprint density at radius 2 is 1.11 bits per heavy atom. The van der Waals surface area contributed by atoms with Crippen LogP contribution in [0, 0.1) is 0 Å². The Balaban J connectivity index is 1.24. The molecule has 0 amide bonds. The molecule has 0 bridgehead atoms. The molecule has 47 heavy (non-hydrogen) atoms. The third kappa shape index (κ3) is 4.39. The normalized spacial score (nSPS) is 13.1. The molecule has 2 heterocycles. The Kier molecular flexibility index (Phi) is 6.16. The molecule has 0 fully saturated rings. The van der Waals surface area contributed by atoms with Crippen LogP contribution >= 0.6 is 0 Å². The summed E-state index contributed by atoms with van der Waals surface area (Å²) in [6, 6.07) is 51.7. The fourth-order valence-electron chi connectivity index (χ4n) is 7.41. The fraction of sp³-hybridized carbons (Fsp3) is 0.0682. The number of benzene rings is 6. The van der Waals surface area contributed by atoms with E-state index in [0.717, 1.165) is 44.4 Å². The molecule has 3 nitrogen and oxygen atoms in total. The molecule has 9 rings (SSSR count). The molecule has 0 saturated carbocycles. The number of nitrogens with zero attached hydrogens (tertiary/aromatic N) is 3. The first-order chi connectivity index (χ1) is 23.1. The van der Waals surface area contributed by atoms with Crippen LogP contribution in [0.2, 0.25) is 0 Å². The fourth-order valence-corrected chi connectivity index (χ4v) is 7.41. The molecular weight excluding hydrogens is 571 g/mol. The number of fused-ring (bicyclic) bond motifs is 5. The van der Waals surface area contributed by atoms with E-state index in [1.165, 1.54) is 38.8 Å². The molecule has 6 aromatic carbocycles. The van der Waals surface area contributed by atoms with Gasteiger partial charge in [0.15, 0.2) is 5.82 Å². The molecular formula is C44H31N3. The van der Waals surface area contributed by atoms with Gasteiger partial charge in [0.05, 0.1) is 16.9 Å². The largest absolute Gasteiger partial charge is 0.256 e. The minimum Gasteiger partial charge on any atom is -0.256 e. The number of para-hydroxylation sites is 1. The van der Waals surface area contributed by atoms with Gasteiger partial charge in [-0.2, -0.15) is 0 Å². The quantitative estimate of drug-likeness (QED) is 0.201. The van der Waals surface area contributed by atoms with Gasteiger partial charge in [-0.15, -0.1) is 0 Å². The summed E-state index contributed by atoms with van der Waals surface area (Å²) in [4.78, 5) is 15.0. The zero-order valence-electron chi connectivity index (χ0n) is 26.3. The highest BCUT2D eigenvalue weighted by atomic mass is 14.9. The second-order valence-corrected chi connectivity index (χ2v) is 12.8. The lowest BCUT2D eigenvalue weighted by molar-refractivity contribution is 0.660. The summed E-state index contributed by atoms with van der Waals surface area (Å²) >= 11 is 0. The molecule has 0 atom stereocenters. The van der Waals surface area contributed by atoms with Crippen LogP contribution in [0.25, 0.3) is 77.8 Å². The smallest absolute Gasteiger partial charge is 0.160 e. The van der Waals surface area contributed by atoms with Crippen LogP contribution < -0.4 is 0 Å². The van der Waals surface area contributed by atoms with Crippen molar-refractivity contribution in [2.75, 3.05) is 0 Å². The van der Waals surface area contributed by atoms with Crippen LogP contribution in [0.5, 0.6) is 0 Å². The van der Waals surface area contributed by atoms with E-state index in [0.29, 0.717) is 5.82 Å². The molecule has 222 valence electrons.